The normalized spacial score (nSPS) is 13.5. The highest BCUT2D eigenvalue weighted by Crippen LogP contribution is 2.28. The molecule has 0 saturated carbocycles. The zero-order chi connectivity index (χ0) is 27.0. The number of aryl methyl sites for hydroxylation is 1. The van der Waals surface area contributed by atoms with Gasteiger partial charge in [-0.3, -0.25) is 9.59 Å². The monoisotopic (exact) mass is 509 g/mol. The maximum Gasteiger partial charge on any atom is 0.408 e. The minimum absolute atomic E-state index is 0.113. The quantitative estimate of drug-likeness (QED) is 0.427. The summed E-state index contributed by atoms with van der Waals surface area (Å²) in [6.45, 7) is 14.9. The lowest BCUT2D eigenvalue weighted by atomic mass is 9.98. The number of alkyl carbamates (subject to hydrolysis) is 1. The summed E-state index contributed by atoms with van der Waals surface area (Å²) in [4.78, 5) is 41.5. The molecule has 2 atom stereocenters. The summed E-state index contributed by atoms with van der Waals surface area (Å²) in [5.41, 5.74) is -0.0377. The number of rotatable bonds is 10. The second kappa shape index (κ2) is 13.0. The summed E-state index contributed by atoms with van der Waals surface area (Å²) in [5, 5.41) is 15.7. The van der Waals surface area contributed by atoms with Crippen molar-refractivity contribution in [3.8, 4) is 5.75 Å². The second-order valence-corrected chi connectivity index (χ2v) is 11.7. The van der Waals surface area contributed by atoms with E-state index in [0.717, 1.165) is 0 Å². The van der Waals surface area contributed by atoms with Gasteiger partial charge in [-0.1, -0.05) is 13.0 Å². The van der Waals surface area contributed by atoms with E-state index in [9.17, 15) is 19.5 Å². The maximum atomic E-state index is 13.9. The molecule has 0 bridgehead atoms. The van der Waals surface area contributed by atoms with Crippen molar-refractivity contribution in [1.29, 1.82) is 0 Å². The summed E-state index contributed by atoms with van der Waals surface area (Å²) in [6.07, 6.45) is 2.26. The number of aromatic hydroxyl groups is 1. The third kappa shape index (κ3) is 10.4. The van der Waals surface area contributed by atoms with Crippen LogP contribution in [0.5, 0.6) is 5.75 Å². The molecule has 0 heterocycles. The summed E-state index contributed by atoms with van der Waals surface area (Å²) >= 11 is 1.57. The van der Waals surface area contributed by atoms with Crippen LogP contribution in [-0.2, 0) is 14.3 Å². The lowest BCUT2D eigenvalue weighted by molar-refractivity contribution is -0.143. The second-order valence-electron chi connectivity index (χ2n) is 10.7. The molecule has 8 nitrogen and oxygen atoms in total. The molecule has 0 aliphatic carbocycles. The van der Waals surface area contributed by atoms with Gasteiger partial charge < -0.3 is 25.4 Å². The van der Waals surface area contributed by atoms with Crippen LogP contribution >= 0.6 is 11.8 Å². The molecule has 35 heavy (non-hydrogen) atoms. The van der Waals surface area contributed by atoms with E-state index in [4.69, 9.17) is 4.74 Å². The fourth-order valence-corrected chi connectivity index (χ4v) is 3.98. The fraction of sp³-hybridized carbons (Fsp3) is 0.654. The Morgan fingerprint density at radius 2 is 1.77 bits per heavy atom. The van der Waals surface area contributed by atoms with E-state index in [1.807, 2.05) is 34.0 Å². The van der Waals surface area contributed by atoms with Gasteiger partial charge in [0.25, 0.3) is 0 Å². The SMILES string of the molecule is CCCN(C(=O)C(CCSC)NC(=O)OC(C)(C)C)C(C(=O)NC(C)(C)C)c1ccc(O)c(C)c1. The van der Waals surface area contributed by atoms with Gasteiger partial charge in [-0.15, -0.1) is 0 Å². The molecule has 1 aromatic rings. The summed E-state index contributed by atoms with van der Waals surface area (Å²) in [5.74, 6) is 0.0712. The van der Waals surface area contributed by atoms with E-state index in [1.54, 1.807) is 51.6 Å². The standard InChI is InChI=1S/C26H43N3O5S/c1-10-14-29(23(32)19(13-15-35-9)27-24(33)34-26(6,7)8)21(22(31)28-25(3,4)5)18-11-12-20(30)17(2)16-18/h11-12,16,19,21,30H,10,13-15H2,1-9H3,(H,27,33)(H,28,31). The van der Waals surface area contributed by atoms with Gasteiger partial charge in [-0.25, -0.2) is 4.79 Å². The van der Waals surface area contributed by atoms with Crippen molar-refractivity contribution in [3.63, 3.8) is 0 Å². The van der Waals surface area contributed by atoms with Crippen LogP contribution in [0.3, 0.4) is 0 Å². The maximum absolute atomic E-state index is 13.9. The molecule has 1 aromatic carbocycles. The first-order chi connectivity index (χ1) is 16.1. The summed E-state index contributed by atoms with van der Waals surface area (Å²) < 4.78 is 5.39. The molecule has 0 fully saturated rings. The van der Waals surface area contributed by atoms with Crippen molar-refractivity contribution < 1.29 is 24.2 Å². The average molecular weight is 510 g/mol. The lowest BCUT2D eigenvalue weighted by Crippen LogP contribution is -2.55. The highest BCUT2D eigenvalue weighted by Gasteiger charge is 2.37. The number of thioether (sulfide) groups is 1. The van der Waals surface area contributed by atoms with Crippen molar-refractivity contribution in [2.24, 2.45) is 0 Å². The Morgan fingerprint density at radius 3 is 2.26 bits per heavy atom. The van der Waals surface area contributed by atoms with E-state index in [-0.39, 0.29) is 17.6 Å². The van der Waals surface area contributed by atoms with E-state index >= 15 is 0 Å². The number of carbonyl (C=O) groups is 3. The van der Waals surface area contributed by atoms with Gasteiger partial charge in [-0.2, -0.15) is 11.8 Å². The minimum atomic E-state index is -0.932. The van der Waals surface area contributed by atoms with Gasteiger partial charge in [0.1, 0.15) is 23.4 Å². The van der Waals surface area contributed by atoms with E-state index < -0.39 is 29.3 Å². The summed E-state index contributed by atoms with van der Waals surface area (Å²) in [6, 6.07) is 3.12. The third-order valence-electron chi connectivity index (χ3n) is 4.94. The van der Waals surface area contributed by atoms with Crippen LogP contribution in [0.25, 0.3) is 0 Å². The fourth-order valence-electron chi connectivity index (χ4n) is 3.51. The first kappa shape index (κ1) is 30.6. The van der Waals surface area contributed by atoms with Crippen LogP contribution < -0.4 is 10.6 Å². The molecule has 9 heteroatoms. The number of phenolic OH excluding ortho intramolecular Hbond substituents is 1. The van der Waals surface area contributed by atoms with Crippen LogP contribution in [0, 0.1) is 6.92 Å². The molecule has 198 valence electrons. The molecule has 0 spiro atoms. The number of nitrogens with zero attached hydrogens (tertiary/aromatic N) is 1. The van der Waals surface area contributed by atoms with E-state index in [0.29, 0.717) is 36.3 Å². The first-order valence-corrected chi connectivity index (χ1v) is 13.4. The zero-order valence-corrected chi connectivity index (χ0v) is 23.5. The zero-order valence-electron chi connectivity index (χ0n) is 22.7. The molecule has 0 aromatic heterocycles. The van der Waals surface area contributed by atoms with Gasteiger partial charge in [-0.05, 0) is 96.6 Å². The van der Waals surface area contributed by atoms with Crippen molar-refractivity contribution in [3.05, 3.63) is 29.3 Å². The Morgan fingerprint density at radius 1 is 1.14 bits per heavy atom. The largest absolute Gasteiger partial charge is 0.508 e. The molecule has 2 unspecified atom stereocenters. The Hall–Kier alpha value is -2.42. The van der Waals surface area contributed by atoms with Crippen molar-refractivity contribution in [1.82, 2.24) is 15.5 Å². The van der Waals surface area contributed by atoms with E-state index in [2.05, 4.69) is 10.6 Å². The highest BCUT2D eigenvalue weighted by molar-refractivity contribution is 7.98. The topological polar surface area (TPSA) is 108 Å². The molecule has 0 aliphatic rings. The van der Waals surface area contributed by atoms with Gasteiger partial charge in [0.2, 0.25) is 11.8 Å². The Labute approximate surface area is 214 Å². The molecular formula is C26H43N3O5S. The molecule has 0 saturated heterocycles. The first-order valence-electron chi connectivity index (χ1n) is 12.0. The molecule has 3 N–H and O–H groups in total. The number of carbonyl (C=O) groups excluding carboxylic acids is 3. The van der Waals surface area contributed by atoms with Gasteiger partial charge in [0.15, 0.2) is 0 Å². The van der Waals surface area contributed by atoms with Crippen LogP contribution in [0.2, 0.25) is 0 Å². The smallest absolute Gasteiger partial charge is 0.408 e. The molecular weight excluding hydrogens is 466 g/mol. The van der Waals surface area contributed by atoms with Gasteiger partial charge >= 0.3 is 6.09 Å². The van der Waals surface area contributed by atoms with Gasteiger partial charge in [0, 0.05) is 12.1 Å². The molecule has 0 aliphatic heterocycles. The average Bonchev–Trinajstić information content (AvgIpc) is 2.70. The van der Waals surface area contributed by atoms with Gasteiger partial charge in [0.05, 0.1) is 0 Å². The van der Waals surface area contributed by atoms with E-state index in [1.165, 1.54) is 11.0 Å². The predicted octanol–water partition coefficient (Wildman–Crippen LogP) is 4.54. The van der Waals surface area contributed by atoms with Crippen molar-refractivity contribution in [2.75, 3.05) is 18.6 Å². The number of benzene rings is 1. The minimum Gasteiger partial charge on any atom is -0.508 e. The number of nitrogens with one attached hydrogen (secondary N) is 2. The third-order valence-corrected chi connectivity index (χ3v) is 5.59. The molecule has 3 amide bonds. The summed E-state index contributed by atoms with van der Waals surface area (Å²) in [7, 11) is 0. The van der Waals surface area contributed by atoms with Crippen LogP contribution in [-0.4, -0.2) is 63.6 Å². The number of ether oxygens (including phenoxy) is 1. The van der Waals surface area contributed by atoms with Crippen LogP contribution in [0.1, 0.15) is 78.5 Å². The van der Waals surface area contributed by atoms with Crippen LogP contribution in [0.4, 0.5) is 4.79 Å². The molecule has 0 radical (unpaired) electrons. The molecule has 1 rings (SSSR count). The lowest BCUT2D eigenvalue weighted by Gasteiger charge is -2.36. The predicted molar refractivity (Wildman–Crippen MR) is 142 cm³/mol. The van der Waals surface area contributed by atoms with Crippen LogP contribution in [0.15, 0.2) is 18.2 Å². The Bertz CT molecular complexity index is 877. The Kier molecular flexibility index (Phi) is 11.4. The number of phenols is 1. The van der Waals surface area contributed by atoms with Crippen molar-refractivity contribution in [2.45, 2.75) is 91.5 Å². The number of hydrogen-bond donors (Lipinski definition) is 3. The number of hydrogen-bond acceptors (Lipinski definition) is 6. The Balaban J connectivity index is 3.47. The van der Waals surface area contributed by atoms with Crippen molar-refractivity contribution >= 4 is 29.7 Å². The number of amides is 3. The highest BCUT2D eigenvalue weighted by atomic mass is 32.2.